The van der Waals surface area contributed by atoms with Gasteiger partial charge < -0.3 is 15.0 Å². The number of morpholine rings is 1. The van der Waals surface area contributed by atoms with Gasteiger partial charge >= 0.3 is 0 Å². The Balaban J connectivity index is 1.49. The average molecular weight is 377 g/mol. The van der Waals surface area contributed by atoms with Gasteiger partial charge in [-0.3, -0.25) is 14.7 Å². The molecule has 1 amide bonds. The van der Waals surface area contributed by atoms with Crippen LogP contribution < -0.4 is 5.32 Å². The number of nitrogens with zero attached hydrogens (tertiary/aromatic N) is 3. The van der Waals surface area contributed by atoms with Crippen LogP contribution in [0.1, 0.15) is 24.4 Å². The van der Waals surface area contributed by atoms with Gasteiger partial charge in [-0.05, 0) is 29.8 Å². The molecule has 4 rings (SSSR count). The summed E-state index contributed by atoms with van der Waals surface area (Å²) in [4.78, 5) is 25.6. The van der Waals surface area contributed by atoms with Crippen molar-refractivity contribution in [1.82, 2.24) is 19.9 Å². The van der Waals surface area contributed by atoms with E-state index in [1.54, 1.807) is 12.4 Å². The molecule has 1 atom stereocenters. The molecule has 28 heavy (non-hydrogen) atoms. The number of ether oxygens (including phenoxy) is 1. The summed E-state index contributed by atoms with van der Waals surface area (Å²) in [5.74, 6) is 0.838. The van der Waals surface area contributed by atoms with Crippen LogP contribution in [0.15, 0.2) is 55.0 Å². The number of hydrogen-bond donors (Lipinski definition) is 2. The number of aromatic amines is 1. The first-order valence-corrected chi connectivity index (χ1v) is 9.32. The van der Waals surface area contributed by atoms with Crippen LogP contribution in [0.3, 0.4) is 0 Å². The Morgan fingerprint density at radius 3 is 2.79 bits per heavy atom. The molecule has 0 spiro atoms. The molecule has 144 valence electrons. The summed E-state index contributed by atoms with van der Waals surface area (Å²) in [6.07, 6.45) is 5.41. The van der Waals surface area contributed by atoms with E-state index in [1.807, 2.05) is 42.6 Å². The number of carbonyl (C=O) groups excluding carboxylic acids is 1. The van der Waals surface area contributed by atoms with Gasteiger partial charge in [0.2, 0.25) is 5.91 Å². The SMILES string of the molecule is CC(=O)Nc1ccc(CN2CCOCC2c2ncc(-c3ccncc3)[nH]2)cc1. The number of carbonyl (C=O) groups is 1. The first-order chi connectivity index (χ1) is 13.7. The minimum Gasteiger partial charge on any atom is -0.378 e. The monoisotopic (exact) mass is 377 g/mol. The maximum absolute atomic E-state index is 11.2. The molecule has 1 aliphatic heterocycles. The number of H-pyrrole nitrogens is 1. The number of imidazole rings is 1. The normalized spacial score (nSPS) is 17.4. The lowest BCUT2D eigenvalue weighted by atomic mass is 10.1. The second-order valence-electron chi connectivity index (χ2n) is 6.86. The summed E-state index contributed by atoms with van der Waals surface area (Å²) in [5, 5.41) is 2.80. The number of aromatic nitrogens is 3. The predicted octanol–water partition coefficient (Wildman–Crippen LogP) is 3.00. The van der Waals surface area contributed by atoms with Gasteiger partial charge in [-0.25, -0.2) is 4.98 Å². The number of anilines is 1. The second kappa shape index (κ2) is 8.33. The third kappa shape index (κ3) is 4.27. The Morgan fingerprint density at radius 2 is 2.04 bits per heavy atom. The van der Waals surface area contributed by atoms with Crippen molar-refractivity contribution < 1.29 is 9.53 Å². The van der Waals surface area contributed by atoms with Gasteiger partial charge in [-0.1, -0.05) is 12.1 Å². The lowest BCUT2D eigenvalue weighted by Gasteiger charge is -2.34. The van der Waals surface area contributed by atoms with E-state index < -0.39 is 0 Å². The number of pyridine rings is 1. The van der Waals surface area contributed by atoms with Crippen molar-refractivity contribution in [1.29, 1.82) is 0 Å². The Morgan fingerprint density at radius 1 is 1.25 bits per heavy atom. The van der Waals surface area contributed by atoms with E-state index in [0.29, 0.717) is 13.2 Å². The number of amides is 1. The molecule has 1 saturated heterocycles. The zero-order chi connectivity index (χ0) is 19.3. The van der Waals surface area contributed by atoms with E-state index in [-0.39, 0.29) is 11.9 Å². The molecule has 1 fully saturated rings. The highest BCUT2D eigenvalue weighted by molar-refractivity contribution is 5.88. The molecule has 1 unspecified atom stereocenters. The highest BCUT2D eigenvalue weighted by Gasteiger charge is 2.27. The lowest BCUT2D eigenvalue weighted by Crippen LogP contribution is -2.39. The third-order valence-electron chi connectivity index (χ3n) is 4.80. The molecule has 2 N–H and O–H groups in total. The highest BCUT2D eigenvalue weighted by Crippen LogP contribution is 2.26. The summed E-state index contributed by atoms with van der Waals surface area (Å²) in [7, 11) is 0. The fourth-order valence-electron chi connectivity index (χ4n) is 3.39. The second-order valence-corrected chi connectivity index (χ2v) is 6.86. The smallest absolute Gasteiger partial charge is 0.221 e. The summed E-state index contributed by atoms with van der Waals surface area (Å²) >= 11 is 0. The van der Waals surface area contributed by atoms with E-state index in [9.17, 15) is 4.79 Å². The Hall–Kier alpha value is -3.03. The first-order valence-electron chi connectivity index (χ1n) is 9.32. The average Bonchev–Trinajstić information content (AvgIpc) is 3.20. The fraction of sp³-hybridized carbons (Fsp3) is 0.286. The van der Waals surface area contributed by atoms with Crippen molar-refractivity contribution >= 4 is 11.6 Å². The lowest BCUT2D eigenvalue weighted by molar-refractivity contribution is -0.114. The van der Waals surface area contributed by atoms with Crippen molar-refractivity contribution in [3.8, 4) is 11.3 Å². The fourth-order valence-corrected chi connectivity index (χ4v) is 3.39. The van der Waals surface area contributed by atoms with Gasteiger partial charge in [0.15, 0.2) is 0 Å². The molecule has 3 aromatic rings. The van der Waals surface area contributed by atoms with Gasteiger partial charge in [0, 0.05) is 43.7 Å². The molecule has 0 aliphatic carbocycles. The number of nitrogens with one attached hydrogen (secondary N) is 2. The Kier molecular flexibility index (Phi) is 5.45. The molecule has 3 heterocycles. The zero-order valence-electron chi connectivity index (χ0n) is 15.8. The van der Waals surface area contributed by atoms with Crippen LogP contribution in [-0.4, -0.2) is 45.5 Å². The van der Waals surface area contributed by atoms with Crippen LogP contribution in [-0.2, 0) is 16.1 Å². The van der Waals surface area contributed by atoms with Crippen molar-refractivity contribution in [2.75, 3.05) is 25.1 Å². The van der Waals surface area contributed by atoms with Gasteiger partial charge in [0.1, 0.15) is 5.82 Å². The molecule has 0 bridgehead atoms. The van der Waals surface area contributed by atoms with E-state index in [1.165, 1.54) is 12.5 Å². The summed E-state index contributed by atoms with van der Waals surface area (Å²) in [6.45, 7) is 4.45. The number of hydrogen-bond acceptors (Lipinski definition) is 5. The maximum Gasteiger partial charge on any atom is 0.221 e. The highest BCUT2D eigenvalue weighted by atomic mass is 16.5. The molecule has 2 aromatic heterocycles. The molecule has 0 radical (unpaired) electrons. The molecule has 7 nitrogen and oxygen atoms in total. The first kappa shape index (κ1) is 18.3. The molecular formula is C21H23N5O2. The largest absolute Gasteiger partial charge is 0.378 e. The van der Waals surface area contributed by atoms with Gasteiger partial charge in [-0.2, -0.15) is 0 Å². The molecule has 1 aromatic carbocycles. The number of benzene rings is 1. The van der Waals surface area contributed by atoms with E-state index >= 15 is 0 Å². The zero-order valence-corrected chi connectivity index (χ0v) is 15.8. The van der Waals surface area contributed by atoms with E-state index in [4.69, 9.17) is 4.74 Å². The standard InChI is InChI=1S/C21H23N5O2/c1-15(27)24-18-4-2-16(3-5-18)13-26-10-11-28-14-20(26)21-23-12-19(25-21)17-6-8-22-9-7-17/h2-9,12,20H,10-11,13-14H2,1H3,(H,23,25)(H,24,27). The topological polar surface area (TPSA) is 83.1 Å². The van der Waals surface area contributed by atoms with Crippen LogP contribution in [0.5, 0.6) is 0 Å². The Bertz CT molecular complexity index is 923. The van der Waals surface area contributed by atoms with Crippen molar-refractivity contribution in [2.45, 2.75) is 19.5 Å². The van der Waals surface area contributed by atoms with Crippen LogP contribution in [0.2, 0.25) is 0 Å². The van der Waals surface area contributed by atoms with E-state index in [0.717, 1.165) is 35.9 Å². The maximum atomic E-state index is 11.2. The number of rotatable bonds is 5. The third-order valence-corrected chi connectivity index (χ3v) is 4.80. The summed E-state index contributed by atoms with van der Waals surface area (Å²) in [6, 6.07) is 11.9. The molecule has 0 saturated carbocycles. The van der Waals surface area contributed by atoms with Gasteiger partial charge in [0.25, 0.3) is 0 Å². The van der Waals surface area contributed by atoms with E-state index in [2.05, 4.69) is 25.2 Å². The van der Waals surface area contributed by atoms with Crippen molar-refractivity contribution in [3.05, 3.63) is 66.4 Å². The minimum atomic E-state index is -0.0659. The minimum absolute atomic E-state index is 0.0659. The molecule has 7 heteroatoms. The van der Waals surface area contributed by atoms with Gasteiger partial charge in [0.05, 0.1) is 31.1 Å². The van der Waals surface area contributed by atoms with Crippen LogP contribution in [0.25, 0.3) is 11.3 Å². The predicted molar refractivity (Wildman–Crippen MR) is 107 cm³/mol. The van der Waals surface area contributed by atoms with Gasteiger partial charge in [-0.15, -0.1) is 0 Å². The summed E-state index contributed by atoms with van der Waals surface area (Å²) < 4.78 is 5.72. The quantitative estimate of drug-likeness (QED) is 0.714. The van der Waals surface area contributed by atoms with Crippen LogP contribution >= 0.6 is 0 Å². The van der Waals surface area contributed by atoms with Crippen molar-refractivity contribution in [2.24, 2.45) is 0 Å². The van der Waals surface area contributed by atoms with Crippen LogP contribution in [0, 0.1) is 0 Å². The van der Waals surface area contributed by atoms with Crippen LogP contribution in [0.4, 0.5) is 5.69 Å². The Labute approximate surface area is 163 Å². The summed E-state index contributed by atoms with van der Waals surface area (Å²) in [5.41, 5.74) is 4.03. The molecule has 1 aliphatic rings. The van der Waals surface area contributed by atoms with Crippen molar-refractivity contribution in [3.63, 3.8) is 0 Å². The molecular weight excluding hydrogens is 354 g/mol.